The van der Waals surface area contributed by atoms with Gasteiger partial charge in [0.25, 0.3) is 0 Å². The summed E-state index contributed by atoms with van der Waals surface area (Å²) in [7, 11) is 0. The van der Waals surface area contributed by atoms with Gasteiger partial charge in [-0.2, -0.15) is 0 Å². The summed E-state index contributed by atoms with van der Waals surface area (Å²) >= 11 is 3.49. The van der Waals surface area contributed by atoms with Crippen LogP contribution < -0.4 is 5.73 Å². The number of piperidine rings is 1. The van der Waals surface area contributed by atoms with Crippen molar-refractivity contribution >= 4 is 15.9 Å². The van der Waals surface area contributed by atoms with Gasteiger partial charge in [-0.05, 0) is 43.5 Å². The molecule has 1 heterocycles. The molecule has 1 saturated heterocycles. The van der Waals surface area contributed by atoms with Crippen molar-refractivity contribution in [3.63, 3.8) is 0 Å². The summed E-state index contributed by atoms with van der Waals surface area (Å²) in [5, 5.41) is 0. The average Bonchev–Trinajstić information content (AvgIpc) is 2.44. The summed E-state index contributed by atoms with van der Waals surface area (Å²) in [6.45, 7) is 3.90. The average molecular weight is 343 g/mol. The Morgan fingerprint density at radius 1 is 1.45 bits per heavy atom. The van der Waals surface area contributed by atoms with Crippen LogP contribution >= 0.6 is 15.9 Å². The van der Waals surface area contributed by atoms with E-state index in [1.807, 2.05) is 6.07 Å². The van der Waals surface area contributed by atoms with Gasteiger partial charge >= 0.3 is 0 Å². The zero-order valence-corrected chi connectivity index (χ0v) is 13.7. The third kappa shape index (κ3) is 3.60. The number of nitrogens with zero attached hydrogens (tertiary/aromatic N) is 1. The van der Waals surface area contributed by atoms with Crippen molar-refractivity contribution in [3.8, 4) is 0 Å². The molecule has 1 fully saturated rings. The molecule has 112 valence electrons. The van der Waals surface area contributed by atoms with Crippen LogP contribution in [-0.2, 0) is 0 Å². The van der Waals surface area contributed by atoms with E-state index < -0.39 is 0 Å². The molecule has 2 atom stereocenters. The first kappa shape index (κ1) is 15.9. The predicted molar refractivity (Wildman–Crippen MR) is 85.1 cm³/mol. The standard InChI is InChI=1S/C16H24BrFN2/c1-2-5-13-6-3-4-9-20(13)16(11-19)14-8-7-12(18)10-15(14)17/h7-8,10,13,16H,2-6,9,11,19H2,1H3. The van der Waals surface area contributed by atoms with E-state index in [-0.39, 0.29) is 11.9 Å². The van der Waals surface area contributed by atoms with Crippen LogP contribution in [0, 0.1) is 5.82 Å². The highest BCUT2D eigenvalue weighted by Crippen LogP contribution is 2.33. The number of benzene rings is 1. The summed E-state index contributed by atoms with van der Waals surface area (Å²) in [6, 6.07) is 5.73. The Morgan fingerprint density at radius 2 is 2.25 bits per heavy atom. The SMILES string of the molecule is CCCC1CCCCN1C(CN)c1ccc(F)cc1Br. The van der Waals surface area contributed by atoms with Crippen molar-refractivity contribution < 1.29 is 4.39 Å². The molecule has 0 saturated carbocycles. The van der Waals surface area contributed by atoms with E-state index >= 15 is 0 Å². The smallest absolute Gasteiger partial charge is 0.124 e. The Kier molecular flexibility index (Phi) is 6.00. The molecule has 0 amide bonds. The Hall–Kier alpha value is -0.450. The molecular formula is C16H24BrFN2. The minimum absolute atomic E-state index is 0.182. The highest BCUT2D eigenvalue weighted by atomic mass is 79.9. The van der Waals surface area contributed by atoms with Gasteiger partial charge in [-0.3, -0.25) is 4.90 Å². The molecule has 2 unspecified atom stereocenters. The molecule has 20 heavy (non-hydrogen) atoms. The predicted octanol–water partition coefficient (Wildman–Crippen LogP) is 4.24. The van der Waals surface area contributed by atoms with Crippen molar-refractivity contribution in [1.82, 2.24) is 4.90 Å². The largest absolute Gasteiger partial charge is 0.329 e. The topological polar surface area (TPSA) is 29.3 Å². The van der Waals surface area contributed by atoms with Crippen LogP contribution in [0.2, 0.25) is 0 Å². The van der Waals surface area contributed by atoms with Crippen molar-refractivity contribution in [3.05, 3.63) is 34.1 Å². The monoisotopic (exact) mass is 342 g/mol. The van der Waals surface area contributed by atoms with Gasteiger partial charge in [-0.15, -0.1) is 0 Å². The van der Waals surface area contributed by atoms with Gasteiger partial charge in [0, 0.05) is 23.1 Å². The summed E-state index contributed by atoms with van der Waals surface area (Å²) in [6.07, 6.45) is 6.21. The Morgan fingerprint density at radius 3 is 2.90 bits per heavy atom. The zero-order chi connectivity index (χ0) is 14.5. The normalized spacial score (nSPS) is 21.9. The van der Waals surface area contributed by atoms with Crippen LogP contribution in [0.1, 0.15) is 50.6 Å². The van der Waals surface area contributed by atoms with E-state index in [0.717, 1.165) is 16.6 Å². The van der Waals surface area contributed by atoms with Gasteiger partial charge < -0.3 is 5.73 Å². The molecule has 1 aromatic rings. The van der Waals surface area contributed by atoms with Gasteiger partial charge in [0.05, 0.1) is 0 Å². The van der Waals surface area contributed by atoms with Crippen LogP contribution in [-0.4, -0.2) is 24.0 Å². The maximum Gasteiger partial charge on any atom is 0.124 e. The lowest BCUT2D eigenvalue weighted by atomic mass is 9.93. The number of hydrogen-bond acceptors (Lipinski definition) is 2. The molecule has 2 N–H and O–H groups in total. The Bertz CT molecular complexity index is 436. The number of halogens is 2. The third-order valence-corrected chi connectivity index (χ3v) is 4.93. The second-order valence-electron chi connectivity index (χ2n) is 5.59. The fourth-order valence-electron chi connectivity index (χ4n) is 3.29. The summed E-state index contributed by atoms with van der Waals surface area (Å²) < 4.78 is 14.1. The summed E-state index contributed by atoms with van der Waals surface area (Å²) in [5.41, 5.74) is 7.15. The first-order valence-electron chi connectivity index (χ1n) is 7.58. The third-order valence-electron chi connectivity index (χ3n) is 4.24. The maximum absolute atomic E-state index is 13.3. The van der Waals surface area contributed by atoms with Crippen LogP contribution in [0.5, 0.6) is 0 Å². The lowest BCUT2D eigenvalue weighted by Gasteiger charge is -2.41. The van der Waals surface area contributed by atoms with E-state index in [9.17, 15) is 4.39 Å². The molecule has 0 aromatic heterocycles. The Balaban J connectivity index is 2.25. The molecule has 0 aliphatic carbocycles. The lowest BCUT2D eigenvalue weighted by molar-refractivity contribution is 0.0909. The molecule has 1 aromatic carbocycles. The molecule has 4 heteroatoms. The van der Waals surface area contributed by atoms with Gasteiger partial charge in [0.15, 0.2) is 0 Å². The van der Waals surface area contributed by atoms with Crippen LogP contribution in [0.3, 0.4) is 0 Å². The van der Waals surface area contributed by atoms with E-state index in [2.05, 4.69) is 27.8 Å². The van der Waals surface area contributed by atoms with Gasteiger partial charge in [-0.25, -0.2) is 4.39 Å². The number of hydrogen-bond donors (Lipinski definition) is 1. The fraction of sp³-hybridized carbons (Fsp3) is 0.625. The first-order valence-corrected chi connectivity index (χ1v) is 8.37. The molecular weight excluding hydrogens is 319 g/mol. The van der Waals surface area contributed by atoms with Gasteiger partial charge in [0.1, 0.15) is 5.82 Å². The van der Waals surface area contributed by atoms with Crippen LogP contribution in [0.15, 0.2) is 22.7 Å². The molecule has 0 spiro atoms. The van der Waals surface area contributed by atoms with Crippen LogP contribution in [0.25, 0.3) is 0 Å². The van der Waals surface area contributed by atoms with E-state index in [1.54, 1.807) is 0 Å². The second-order valence-corrected chi connectivity index (χ2v) is 6.45. The van der Waals surface area contributed by atoms with E-state index in [4.69, 9.17) is 5.73 Å². The molecule has 0 radical (unpaired) electrons. The van der Waals surface area contributed by atoms with E-state index in [1.165, 1.54) is 44.2 Å². The van der Waals surface area contributed by atoms with E-state index in [0.29, 0.717) is 12.6 Å². The van der Waals surface area contributed by atoms with Crippen molar-refractivity contribution in [2.24, 2.45) is 5.73 Å². The molecule has 2 rings (SSSR count). The maximum atomic E-state index is 13.3. The quantitative estimate of drug-likeness (QED) is 0.866. The molecule has 1 aliphatic heterocycles. The molecule has 0 bridgehead atoms. The summed E-state index contributed by atoms with van der Waals surface area (Å²) in [5.74, 6) is -0.208. The highest BCUT2D eigenvalue weighted by molar-refractivity contribution is 9.10. The van der Waals surface area contributed by atoms with Crippen molar-refractivity contribution in [2.45, 2.75) is 51.1 Å². The highest BCUT2D eigenvalue weighted by Gasteiger charge is 2.29. The fourth-order valence-corrected chi connectivity index (χ4v) is 3.90. The van der Waals surface area contributed by atoms with Gasteiger partial charge in [-0.1, -0.05) is 41.8 Å². The minimum atomic E-state index is -0.208. The number of rotatable bonds is 5. The van der Waals surface area contributed by atoms with Crippen LogP contribution in [0.4, 0.5) is 4.39 Å². The minimum Gasteiger partial charge on any atom is -0.329 e. The Labute approximate surface area is 129 Å². The van der Waals surface area contributed by atoms with Crippen molar-refractivity contribution in [1.29, 1.82) is 0 Å². The number of nitrogens with two attached hydrogens (primary N) is 1. The summed E-state index contributed by atoms with van der Waals surface area (Å²) in [4.78, 5) is 2.53. The zero-order valence-electron chi connectivity index (χ0n) is 12.1. The molecule has 2 nitrogen and oxygen atoms in total. The molecule has 1 aliphatic rings. The van der Waals surface area contributed by atoms with Crippen molar-refractivity contribution in [2.75, 3.05) is 13.1 Å². The first-order chi connectivity index (χ1) is 9.67. The van der Waals surface area contributed by atoms with Gasteiger partial charge in [0.2, 0.25) is 0 Å². The number of likely N-dealkylation sites (tertiary alicyclic amines) is 1. The lowest BCUT2D eigenvalue weighted by Crippen LogP contribution is -2.44. The second kappa shape index (κ2) is 7.53.